The van der Waals surface area contributed by atoms with Crippen LogP contribution in [-0.4, -0.2) is 53.3 Å². The number of hydrogen-bond acceptors (Lipinski definition) is 4. The monoisotopic (exact) mass is 417 g/mol. The van der Waals surface area contributed by atoms with Crippen molar-refractivity contribution < 1.29 is 18.2 Å². The number of nitrogens with zero attached hydrogens (tertiary/aromatic N) is 1. The number of esters is 1. The molecule has 1 heterocycles. The van der Waals surface area contributed by atoms with Crippen LogP contribution in [0.4, 0.5) is 0 Å². The Hall–Kier alpha value is -0.503. The van der Waals surface area contributed by atoms with Gasteiger partial charge in [-0.25, -0.2) is 13.3 Å². The van der Waals surface area contributed by atoms with Crippen LogP contribution >= 0.6 is 0 Å². The highest BCUT2D eigenvalue weighted by Crippen LogP contribution is 2.37. The van der Waals surface area contributed by atoms with Gasteiger partial charge in [0.05, 0.1) is 23.0 Å². The second-order valence-electron chi connectivity index (χ2n) is 9.61. The van der Waals surface area contributed by atoms with E-state index in [1.807, 2.05) is 31.2 Å². The third kappa shape index (κ3) is 6.51. The first-order valence-electron chi connectivity index (χ1n) is 9.92. The normalized spacial score (nSPS) is 20.5. The molecular weight excluding hydrogens is 378 g/mol. The lowest BCUT2D eigenvalue weighted by atomic mass is 10.1. The molecule has 7 heteroatoms. The Morgan fingerprint density at radius 3 is 2.33 bits per heavy atom. The van der Waals surface area contributed by atoms with Crippen LogP contribution in [0.5, 0.6) is 0 Å². The van der Waals surface area contributed by atoms with Crippen LogP contribution in [0, 0.1) is 0 Å². The van der Waals surface area contributed by atoms with Crippen molar-refractivity contribution in [3.05, 3.63) is 11.6 Å². The summed E-state index contributed by atoms with van der Waals surface area (Å²) >= 11 is 0. The Bertz CT molecular complexity index is 576. The summed E-state index contributed by atoms with van der Waals surface area (Å²) in [6, 6.07) is -0.174. The van der Waals surface area contributed by atoms with E-state index < -0.39 is 19.3 Å². The molecule has 0 aromatic rings. The van der Waals surface area contributed by atoms with Crippen molar-refractivity contribution in [1.29, 1.82) is 0 Å². The summed E-state index contributed by atoms with van der Waals surface area (Å²) < 4.78 is 26.0. The molecule has 5 nitrogen and oxygen atoms in total. The number of ether oxygens (including phenoxy) is 1. The lowest BCUT2D eigenvalue weighted by molar-refractivity contribution is -0.138. The second-order valence-corrected chi connectivity index (χ2v) is 16.6. The predicted octanol–water partition coefficient (Wildman–Crippen LogP) is 4.42. The van der Waals surface area contributed by atoms with Crippen LogP contribution in [0.15, 0.2) is 11.6 Å². The van der Waals surface area contributed by atoms with Crippen LogP contribution in [-0.2, 0) is 24.9 Å². The summed E-state index contributed by atoms with van der Waals surface area (Å²) in [6.45, 7) is 20.4. The van der Waals surface area contributed by atoms with E-state index in [0.717, 1.165) is 12.8 Å². The molecule has 2 atom stereocenters. The van der Waals surface area contributed by atoms with E-state index in [4.69, 9.17) is 9.16 Å². The highest BCUT2D eigenvalue weighted by molar-refractivity contribution is 7.84. The van der Waals surface area contributed by atoms with Crippen LogP contribution in [0.2, 0.25) is 18.1 Å². The molecule has 0 saturated heterocycles. The molecule has 1 rings (SSSR count). The minimum absolute atomic E-state index is 0.174. The molecule has 0 radical (unpaired) electrons. The fraction of sp³-hybridized carbons (Fsp3) is 0.850. The van der Waals surface area contributed by atoms with Gasteiger partial charge in [-0.1, -0.05) is 26.8 Å². The number of carbonyl (C=O) groups excluding carboxylic acids is 1. The standard InChI is InChI=1S/C20H39NO4SSi/c1-10-24-18(22)16-13-14-21(26(23)19(2,3)4)17(16)12-11-15-25-27(8,9)20(5,6)7/h13,17H,10-12,14-15H2,1-9H3/t17-,26?/m1/s1. The molecular formula is C20H39NO4SSi. The van der Waals surface area contributed by atoms with E-state index in [1.54, 1.807) is 6.92 Å². The van der Waals surface area contributed by atoms with Gasteiger partial charge in [-0.15, -0.1) is 0 Å². The van der Waals surface area contributed by atoms with Gasteiger partial charge in [0.2, 0.25) is 0 Å². The zero-order valence-electron chi connectivity index (χ0n) is 18.7. The summed E-state index contributed by atoms with van der Waals surface area (Å²) in [4.78, 5) is 12.4. The Morgan fingerprint density at radius 2 is 1.85 bits per heavy atom. The third-order valence-corrected chi connectivity index (χ3v) is 11.8. The Labute approximate surface area is 169 Å². The van der Waals surface area contributed by atoms with Crippen molar-refractivity contribution in [2.24, 2.45) is 0 Å². The Balaban J connectivity index is 2.81. The van der Waals surface area contributed by atoms with E-state index in [1.165, 1.54) is 0 Å². The van der Waals surface area contributed by atoms with Gasteiger partial charge < -0.3 is 9.16 Å². The van der Waals surface area contributed by atoms with Gasteiger partial charge in [0, 0.05) is 13.2 Å². The topological polar surface area (TPSA) is 55.8 Å². The zero-order valence-corrected chi connectivity index (χ0v) is 20.5. The fourth-order valence-corrected chi connectivity index (χ4v) is 5.15. The summed E-state index contributed by atoms with van der Waals surface area (Å²) in [7, 11) is -2.96. The van der Waals surface area contributed by atoms with Crippen molar-refractivity contribution in [3.63, 3.8) is 0 Å². The summed E-state index contributed by atoms with van der Waals surface area (Å²) in [5.41, 5.74) is 0.641. The quantitative estimate of drug-likeness (QED) is 0.333. The van der Waals surface area contributed by atoms with Crippen LogP contribution in [0.1, 0.15) is 61.3 Å². The highest BCUT2D eigenvalue weighted by atomic mass is 32.2. The lowest BCUT2D eigenvalue weighted by Crippen LogP contribution is -2.43. The maximum absolute atomic E-state index is 13.0. The van der Waals surface area contributed by atoms with Gasteiger partial charge >= 0.3 is 5.97 Å². The van der Waals surface area contributed by atoms with Crippen LogP contribution in [0.25, 0.3) is 0 Å². The average molecular weight is 418 g/mol. The van der Waals surface area contributed by atoms with Crippen molar-refractivity contribution >= 4 is 25.3 Å². The first kappa shape index (κ1) is 24.5. The fourth-order valence-electron chi connectivity index (χ4n) is 2.70. The maximum atomic E-state index is 13.0. The van der Waals surface area contributed by atoms with Gasteiger partial charge in [0.25, 0.3) is 0 Å². The first-order chi connectivity index (χ1) is 12.2. The van der Waals surface area contributed by atoms with Gasteiger partial charge in [-0.2, -0.15) is 0 Å². The third-order valence-electron chi connectivity index (χ3n) is 5.34. The number of carbonyl (C=O) groups is 1. The van der Waals surface area contributed by atoms with E-state index >= 15 is 0 Å². The zero-order chi connectivity index (χ0) is 21.0. The van der Waals surface area contributed by atoms with E-state index in [0.29, 0.717) is 25.3 Å². The molecule has 1 aliphatic rings. The minimum atomic E-state index is -1.78. The molecule has 0 bridgehead atoms. The predicted molar refractivity (Wildman–Crippen MR) is 115 cm³/mol. The molecule has 0 fully saturated rings. The molecule has 0 aromatic carbocycles. The number of rotatable bonds is 8. The Kier molecular flexibility index (Phi) is 8.48. The lowest BCUT2D eigenvalue weighted by Gasteiger charge is -2.36. The van der Waals surface area contributed by atoms with Gasteiger partial charge in [0.1, 0.15) is 11.0 Å². The minimum Gasteiger partial charge on any atom is -0.463 e. The van der Waals surface area contributed by atoms with Crippen LogP contribution in [0.3, 0.4) is 0 Å². The molecule has 1 unspecified atom stereocenters. The van der Waals surface area contributed by atoms with Crippen molar-refractivity contribution in [2.45, 2.75) is 90.2 Å². The first-order valence-corrected chi connectivity index (χ1v) is 13.9. The second kappa shape index (κ2) is 9.33. The van der Waals surface area contributed by atoms with Gasteiger partial charge in [-0.05, 0) is 58.7 Å². The molecule has 0 spiro atoms. The van der Waals surface area contributed by atoms with Crippen LogP contribution < -0.4 is 0 Å². The largest absolute Gasteiger partial charge is 0.463 e. The van der Waals surface area contributed by atoms with E-state index in [-0.39, 0.29) is 21.8 Å². The van der Waals surface area contributed by atoms with E-state index in [2.05, 4.69) is 33.9 Å². The molecule has 158 valence electrons. The highest BCUT2D eigenvalue weighted by Gasteiger charge is 2.40. The number of hydrogen-bond donors (Lipinski definition) is 0. The molecule has 0 N–H and O–H groups in total. The SMILES string of the molecule is CCOC(=O)C1=CCN(S(=O)C(C)(C)C)[C@@H]1CCCO[Si](C)(C)C(C)(C)C. The molecule has 0 aromatic heterocycles. The smallest absolute Gasteiger partial charge is 0.335 e. The summed E-state index contributed by atoms with van der Waals surface area (Å²) in [6.07, 6.45) is 3.44. The molecule has 0 amide bonds. The van der Waals surface area contributed by atoms with E-state index in [9.17, 15) is 9.00 Å². The molecule has 0 saturated carbocycles. The maximum Gasteiger partial charge on any atom is 0.335 e. The van der Waals surface area contributed by atoms with Crippen molar-refractivity contribution in [2.75, 3.05) is 19.8 Å². The molecule has 27 heavy (non-hydrogen) atoms. The molecule has 0 aliphatic carbocycles. The van der Waals surface area contributed by atoms with Crippen molar-refractivity contribution in [1.82, 2.24) is 4.31 Å². The molecule has 1 aliphatic heterocycles. The van der Waals surface area contributed by atoms with Gasteiger partial charge in [0.15, 0.2) is 8.32 Å². The summed E-state index contributed by atoms with van der Waals surface area (Å²) in [5, 5.41) is 0.177. The summed E-state index contributed by atoms with van der Waals surface area (Å²) in [5.74, 6) is -0.291. The van der Waals surface area contributed by atoms with Crippen molar-refractivity contribution in [3.8, 4) is 0 Å². The average Bonchev–Trinajstić information content (AvgIpc) is 2.92. The Morgan fingerprint density at radius 1 is 1.26 bits per heavy atom. The van der Waals surface area contributed by atoms with Gasteiger partial charge in [-0.3, -0.25) is 0 Å².